The van der Waals surface area contributed by atoms with E-state index in [0.29, 0.717) is 11.3 Å². The van der Waals surface area contributed by atoms with Gasteiger partial charge in [-0.3, -0.25) is 14.5 Å². The van der Waals surface area contributed by atoms with Crippen molar-refractivity contribution in [1.82, 2.24) is 4.90 Å². The zero-order valence-electron chi connectivity index (χ0n) is 16.4. The van der Waals surface area contributed by atoms with Crippen LogP contribution < -0.4 is 5.73 Å². The number of benzene rings is 1. The number of carbonyl (C=O) groups excluding carboxylic acids is 1. The highest BCUT2D eigenvalue weighted by Gasteiger charge is 2.59. The Labute approximate surface area is 159 Å². The molecule has 7 nitrogen and oxygen atoms in total. The molecule has 0 saturated carbocycles. The number of hydrogen-bond donors (Lipinski definition) is 3. The minimum atomic E-state index is -1.45. The van der Waals surface area contributed by atoms with Crippen molar-refractivity contribution < 1.29 is 24.6 Å². The molecule has 0 heterocycles. The molecule has 0 fully saturated rings. The number of rotatable bonds is 4. The van der Waals surface area contributed by atoms with Crippen LogP contribution in [0.2, 0.25) is 0 Å². The smallest absolute Gasteiger partial charge is 0.324 e. The average molecular weight is 376 g/mol. The van der Waals surface area contributed by atoms with E-state index in [2.05, 4.69) is 0 Å². The molecule has 4 N–H and O–H groups in total. The zero-order valence-corrected chi connectivity index (χ0v) is 16.4. The molecule has 1 aliphatic rings. The quantitative estimate of drug-likeness (QED) is 0.544. The standard InChI is InChI=1S/C17H22N2O4.C3H6O/c1-11-16(14(20)21,12-6-4-7-13(18)10-12)8-5-9-17(11,15(22)23)19(2)3;1-3(2)4/h4-8,10-11H,9,18H2,1-3H3,(H,20,21)(H,22,23);1-2H3/t11?,16-,17?;/m0./s1. The molecule has 0 radical (unpaired) electrons. The molecule has 27 heavy (non-hydrogen) atoms. The van der Waals surface area contributed by atoms with Crippen molar-refractivity contribution >= 4 is 23.4 Å². The Morgan fingerprint density at radius 1 is 1.15 bits per heavy atom. The van der Waals surface area contributed by atoms with Crippen LogP contribution >= 0.6 is 0 Å². The number of ketones is 1. The Balaban J connectivity index is 0.000000828. The summed E-state index contributed by atoms with van der Waals surface area (Å²) in [6.07, 6.45) is 3.48. The van der Waals surface area contributed by atoms with Crippen LogP contribution in [0.4, 0.5) is 5.69 Å². The van der Waals surface area contributed by atoms with E-state index in [0.717, 1.165) is 0 Å². The molecule has 1 aliphatic carbocycles. The summed E-state index contributed by atoms with van der Waals surface area (Å²) >= 11 is 0. The molecular formula is C20H28N2O5. The van der Waals surface area contributed by atoms with E-state index >= 15 is 0 Å². The van der Waals surface area contributed by atoms with Crippen LogP contribution in [0.1, 0.15) is 32.8 Å². The summed E-state index contributed by atoms with van der Waals surface area (Å²) in [5.41, 5.74) is 3.99. The van der Waals surface area contributed by atoms with Gasteiger partial charge in [-0.1, -0.05) is 31.2 Å². The van der Waals surface area contributed by atoms with Crippen LogP contribution in [0.5, 0.6) is 0 Å². The Kier molecular flexibility index (Phi) is 6.92. The molecule has 0 bridgehead atoms. The number of likely N-dealkylation sites (N-methyl/N-ethyl adjacent to an activating group) is 1. The monoisotopic (exact) mass is 376 g/mol. The van der Waals surface area contributed by atoms with Crippen LogP contribution in [-0.2, 0) is 19.8 Å². The van der Waals surface area contributed by atoms with Gasteiger partial charge in [0, 0.05) is 11.6 Å². The number of carbonyl (C=O) groups is 3. The van der Waals surface area contributed by atoms with Gasteiger partial charge in [0.1, 0.15) is 16.7 Å². The summed E-state index contributed by atoms with van der Waals surface area (Å²) < 4.78 is 0. The van der Waals surface area contributed by atoms with Crippen LogP contribution in [0, 0.1) is 5.92 Å². The Bertz CT molecular complexity index is 754. The number of Topliss-reactive ketones (excluding diaryl/α,β-unsaturated/α-hetero) is 1. The molecule has 1 aromatic rings. The Morgan fingerprint density at radius 3 is 2.11 bits per heavy atom. The van der Waals surface area contributed by atoms with E-state index in [4.69, 9.17) is 5.73 Å². The van der Waals surface area contributed by atoms with Crippen molar-refractivity contribution in [1.29, 1.82) is 0 Å². The molecule has 0 spiro atoms. The van der Waals surface area contributed by atoms with Crippen LogP contribution in [0.25, 0.3) is 0 Å². The lowest BCUT2D eigenvalue weighted by atomic mass is 9.58. The lowest BCUT2D eigenvalue weighted by Gasteiger charge is -2.49. The van der Waals surface area contributed by atoms with Crippen LogP contribution in [0.15, 0.2) is 36.4 Å². The highest BCUT2D eigenvalue weighted by atomic mass is 16.4. The number of hydrogen-bond acceptors (Lipinski definition) is 5. The first-order valence-corrected chi connectivity index (χ1v) is 8.58. The highest BCUT2D eigenvalue weighted by Crippen LogP contribution is 2.47. The highest BCUT2D eigenvalue weighted by molar-refractivity contribution is 5.89. The van der Waals surface area contributed by atoms with Gasteiger partial charge in [-0.15, -0.1) is 0 Å². The number of nitrogens with two attached hydrogens (primary N) is 1. The third-order valence-electron chi connectivity index (χ3n) is 5.10. The number of nitrogens with zero attached hydrogens (tertiary/aromatic N) is 1. The number of carboxylic acids is 2. The Hall–Kier alpha value is -2.67. The van der Waals surface area contributed by atoms with E-state index in [9.17, 15) is 24.6 Å². The van der Waals surface area contributed by atoms with Crippen LogP contribution in [-0.4, -0.2) is 52.5 Å². The molecule has 148 valence electrons. The van der Waals surface area contributed by atoms with Gasteiger partial charge in [0.15, 0.2) is 0 Å². The maximum atomic E-state index is 12.2. The lowest BCUT2D eigenvalue weighted by Crippen LogP contribution is -2.64. The summed E-state index contributed by atoms with van der Waals surface area (Å²) in [6, 6.07) is 6.64. The second-order valence-corrected chi connectivity index (χ2v) is 7.16. The van der Waals surface area contributed by atoms with E-state index in [1.165, 1.54) is 13.8 Å². The number of nitrogen functional groups attached to an aromatic ring is 1. The topological polar surface area (TPSA) is 121 Å². The van der Waals surface area contributed by atoms with Crippen molar-refractivity contribution in [3.8, 4) is 0 Å². The van der Waals surface area contributed by atoms with E-state index in [1.54, 1.807) is 62.3 Å². The molecule has 1 aromatic carbocycles. The fourth-order valence-electron chi connectivity index (χ4n) is 3.68. The van der Waals surface area contributed by atoms with Crippen molar-refractivity contribution in [3.05, 3.63) is 42.0 Å². The van der Waals surface area contributed by atoms with Crippen molar-refractivity contribution in [2.75, 3.05) is 19.8 Å². The fourth-order valence-corrected chi connectivity index (χ4v) is 3.68. The predicted molar refractivity (Wildman–Crippen MR) is 103 cm³/mol. The fraction of sp³-hybridized carbons (Fsp3) is 0.450. The van der Waals surface area contributed by atoms with Gasteiger partial charge in [-0.2, -0.15) is 0 Å². The second-order valence-electron chi connectivity index (χ2n) is 7.16. The molecule has 2 unspecified atom stereocenters. The van der Waals surface area contributed by atoms with Gasteiger partial charge >= 0.3 is 11.9 Å². The largest absolute Gasteiger partial charge is 0.480 e. The number of anilines is 1. The zero-order chi connectivity index (χ0) is 21.0. The maximum Gasteiger partial charge on any atom is 0.324 e. The molecule has 0 aromatic heterocycles. The van der Waals surface area contributed by atoms with E-state index < -0.39 is 28.8 Å². The summed E-state index contributed by atoms with van der Waals surface area (Å²) in [4.78, 5) is 35.3. The van der Waals surface area contributed by atoms with Gasteiger partial charge in [0.05, 0.1) is 0 Å². The van der Waals surface area contributed by atoms with Crippen molar-refractivity contribution in [2.24, 2.45) is 5.92 Å². The number of aliphatic carboxylic acids is 2. The van der Waals surface area contributed by atoms with Crippen LogP contribution in [0.3, 0.4) is 0 Å². The second kappa shape index (κ2) is 8.35. The summed E-state index contributed by atoms with van der Waals surface area (Å²) in [5, 5.41) is 19.8. The Morgan fingerprint density at radius 2 is 1.70 bits per heavy atom. The molecule has 0 aliphatic heterocycles. The van der Waals surface area contributed by atoms with Crippen molar-refractivity contribution in [2.45, 2.75) is 38.1 Å². The van der Waals surface area contributed by atoms with Crippen molar-refractivity contribution in [3.63, 3.8) is 0 Å². The lowest BCUT2D eigenvalue weighted by molar-refractivity contribution is -0.159. The minimum absolute atomic E-state index is 0.167. The predicted octanol–water partition coefficient (Wildman–Crippen LogP) is 2.17. The molecule has 2 rings (SSSR count). The van der Waals surface area contributed by atoms with Gasteiger partial charge < -0.3 is 20.7 Å². The first-order valence-electron chi connectivity index (χ1n) is 8.58. The maximum absolute atomic E-state index is 12.2. The van der Waals surface area contributed by atoms with Gasteiger partial charge in [0.2, 0.25) is 0 Å². The summed E-state index contributed by atoms with van der Waals surface area (Å²) in [7, 11) is 3.32. The normalized spacial score (nSPS) is 26.8. The van der Waals surface area contributed by atoms with Gasteiger partial charge in [0.25, 0.3) is 0 Å². The molecule has 0 saturated heterocycles. The SMILES string of the molecule is CC(C)=O.CC1C(C(=O)O)(N(C)C)CC=C[C@@]1(C(=O)O)c1cccc(N)c1. The average Bonchev–Trinajstić information content (AvgIpc) is 2.53. The first-order chi connectivity index (χ1) is 12.4. The van der Waals surface area contributed by atoms with Gasteiger partial charge in [-0.05, 0) is 52.1 Å². The number of carboxylic acid groups (broad SMARTS) is 2. The third kappa shape index (κ3) is 4.03. The third-order valence-corrected chi connectivity index (χ3v) is 5.10. The summed E-state index contributed by atoms with van der Waals surface area (Å²) in [6.45, 7) is 4.73. The molecule has 0 amide bonds. The molecular weight excluding hydrogens is 348 g/mol. The molecule has 7 heteroatoms. The summed E-state index contributed by atoms with van der Waals surface area (Å²) in [5.74, 6) is -2.65. The molecule has 3 atom stereocenters. The van der Waals surface area contributed by atoms with Gasteiger partial charge in [-0.25, -0.2) is 0 Å². The minimum Gasteiger partial charge on any atom is -0.480 e. The first kappa shape index (κ1) is 22.4. The van der Waals surface area contributed by atoms with E-state index in [-0.39, 0.29) is 12.2 Å². The van der Waals surface area contributed by atoms with E-state index in [1.807, 2.05) is 0 Å².